The van der Waals surface area contributed by atoms with Gasteiger partial charge in [0.2, 0.25) is 0 Å². The molecule has 1 saturated heterocycles. The second-order valence-corrected chi connectivity index (χ2v) is 7.68. The first kappa shape index (κ1) is 19.5. The third-order valence-electron chi connectivity index (χ3n) is 5.56. The van der Waals surface area contributed by atoms with Gasteiger partial charge in [-0.3, -0.25) is 9.69 Å². The van der Waals surface area contributed by atoms with Crippen LogP contribution < -0.4 is 10.5 Å². The molecule has 0 aliphatic carbocycles. The Balaban J connectivity index is 1.72. The third kappa shape index (κ3) is 4.21. The highest BCUT2D eigenvalue weighted by Crippen LogP contribution is 2.21. The Morgan fingerprint density at radius 3 is 2.67 bits per heavy atom. The molecule has 1 aliphatic rings. The van der Waals surface area contributed by atoms with Crippen molar-refractivity contribution in [2.24, 2.45) is 7.05 Å². The molecule has 8 heteroatoms. The SMILES string of the molecule is CCc1nnc(CN2CCCC(n3ncc(N(C)C(C)C)cc3=O)C2)n1C. The van der Waals surface area contributed by atoms with Gasteiger partial charge in [-0.2, -0.15) is 5.10 Å². The van der Waals surface area contributed by atoms with Crippen molar-refractivity contribution in [1.82, 2.24) is 29.4 Å². The zero-order valence-corrected chi connectivity index (χ0v) is 17.1. The van der Waals surface area contributed by atoms with E-state index in [1.165, 1.54) is 0 Å². The van der Waals surface area contributed by atoms with Crippen LogP contribution in [-0.2, 0) is 20.0 Å². The quantitative estimate of drug-likeness (QED) is 0.766. The molecule has 3 heterocycles. The molecule has 148 valence electrons. The Labute approximate surface area is 160 Å². The van der Waals surface area contributed by atoms with E-state index in [-0.39, 0.29) is 11.6 Å². The maximum absolute atomic E-state index is 12.7. The Bertz CT molecular complexity index is 826. The lowest BCUT2D eigenvalue weighted by atomic mass is 10.1. The first-order chi connectivity index (χ1) is 12.9. The fraction of sp³-hybridized carbons (Fsp3) is 0.684. The van der Waals surface area contributed by atoms with E-state index >= 15 is 0 Å². The average molecular weight is 374 g/mol. The minimum Gasteiger partial charge on any atom is -0.371 e. The molecule has 0 aromatic carbocycles. The fourth-order valence-corrected chi connectivity index (χ4v) is 3.59. The van der Waals surface area contributed by atoms with Gasteiger partial charge >= 0.3 is 0 Å². The summed E-state index contributed by atoms with van der Waals surface area (Å²) in [5.41, 5.74) is 0.837. The van der Waals surface area contributed by atoms with Gasteiger partial charge in [0.25, 0.3) is 5.56 Å². The second kappa shape index (κ2) is 8.21. The summed E-state index contributed by atoms with van der Waals surface area (Å²) in [7, 11) is 4.00. The summed E-state index contributed by atoms with van der Waals surface area (Å²) < 4.78 is 3.72. The summed E-state index contributed by atoms with van der Waals surface area (Å²) in [6.07, 6.45) is 4.70. The van der Waals surface area contributed by atoms with Gasteiger partial charge in [0.05, 0.1) is 24.5 Å². The van der Waals surface area contributed by atoms with Gasteiger partial charge < -0.3 is 9.47 Å². The molecule has 2 aromatic heterocycles. The first-order valence-electron chi connectivity index (χ1n) is 9.81. The van der Waals surface area contributed by atoms with E-state index in [0.29, 0.717) is 6.04 Å². The van der Waals surface area contributed by atoms with Gasteiger partial charge in [-0.25, -0.2) is 4.68 Å². The van der Waals surface area contributed by atoms with E-state index in [1.807, 2.05) is 14.1 Å². The molecule has 1 fully saturated rings. The Kier molecular flexibility index (Phi) is 5.94. The molecule has 1 atom stereocenters. The van der Waals surface area contributed by atoms with Crippen molar-refractivity contribution in [2.45, 2.75) is 58.7 Å². The minimum atomic E-state index is -0.0289. The molecule has 1 aliphatic heterocycles. The maximum atomic E-state index is 12.7. The number of hydrogen-bond acceptors (Lipinski definition) is 6. The topological polar surface area (TPSA) is 72.1 Å². The van der Waals surface area contributed by atoms with Gasteiger partial charge in [0.1, 0.15) is 11.6 Å². The normalized spacial score (nSPS) is 18.2. The highest BCUT2D eigenvalue weighted by Gasteiger charge is 2.24. The summed E-state index contributed by atoms with van der Waals surface area (Å²) in [6.45, 7) is 8.85. The van der Waals surface area contributed by atoms with Gasteiger partial charge in [-0.05, 0) is 33.2 Å². The van der Waals surface area contributed by atoms with Crippen LogP contribution in [0.25, 0.3) is 0 Å². The zero-order valence-electron chi connectivity index (χ0n) is 17.1. The predicted molar refractivity (Wildman–Crippen MR) is 106 cm³/mol. The summed E-state index contributed by atoms with van der Waals surface area (Å²) in [5, 5.41) is 13.1. The minimum absolute atomic E-state index is 0.0289. The average Bonchev–Trinajstić information content (AvgIpc) is 3.00. The lowest BCUT2D eigenvalue weighted by molar-refractivity contribution is 0.155. The number of aryl methyl sites for hydroxylation is 1. The van der Waals surface area contributed by atoms with E-state index in [0.717, 1.165) is 56.2 Å². The van der Waals surface area contributed by atoms with Crippen LogP contribution in [-0.4, -0.2) is 55.6 Å². The molecule has 8 nitrogen and oxygen atoms in total. The molecule has 0 amide bonds. The van der Waals surface area contributed by atoms with Gasteiger partial charge in [-0.15, -0.1) is 10.2 Å². The predicted octanol–water partition coefficient (Wildman–Crippen LogP) is 1.62. The highest BCUT2D eigenvalue weighted by molar-refractivity contribution is 5.42. The van der Waals surface area contributed by atoms with Crippen molar-refractivity contribution >= 4 is 5.69 Å². The number of nitrogens with zero attached hydrogens (tertiary/aromatic N) is 7. The van der Waals surface area contributed by atoms with Crippen molar-refractivity contribution in [3.8, 4) is 0 Å². The maximum Gasteiger partial charge on any atom is 0.269 e. The smallest absolute Gasteiger partial charge is 0.269 e. The van der Waals surface area contributed by atoms with Crippen LogP contribution in [0.5, 0.6) is 0 Å². The summed E-state index contributed by atoms with van der Waals surface area (Å²) in [6, 6.07) is 2.12. The molecule has 1 unspecified atom stereocenters. The van der Waals surface area contributed by atoms with Crippen molar-refractivity contribution in [3.63, 3.8) is 0 Å². The van der Waals surface area contributed by atoms with Crippen LogP contribution in [0.3, 0.4) is 0 Å². The van der Waals surface area contributed by atoms with Crippen molar-refractivity contribution in [3.05, 3.63) is 34.3 Å². The van der Waals surface area contributed by atoms with Crippen molar-refractivity contribution in [1.29, 1.82) is 0 Å². The standard InChI is InChI=1S/C19H31N7O/c1-6-17-21-22-18(24(17)5)13-25-9-7-8-15(12-25)26-19(27)10-16(11-20-26)23(4)14(2)3/h10-11,14-15H,6-9,12-13H2,1-5H3. The molecule has 0 radical (unpaired) electrons. The van der Waals surface area contributed by atoms with E-state index in [1.54, 1.807) is 16.9 Å². The molecular weight excluding hydrogens is 342 g/mol. The molecule has 3 rings (SSSR count). The van der Waals surface area contributed by atoms with E-state index in [2.05, 4.69) is 50.4 Å². The van der Waals surface area contributed by atoms with Crippen molar-refractivity contribution in [2.75, 3.05) is 25.0 Å². The number of rotatable bonds is 6. The number of aromatic nitrogens is 5. The van der Waals surface area contributed by atoms with E-state index < -0.39 is 0 Å². The number of piperidine rings is 1. The Morgan fingerprint density at radius 2 is 2.04 bits per heavy atom. The number of likely N-dealkylation sites (tertiary alicyclic amines) is 1. The van der Waals surface area contributed by atoms with Crippen LogP contribution in [0.2, 0.25) is 0 Å². The first-order valence-corrected chi connectivity index (χ1v) is 9.81. The zero-order chi connectivity index (χ0) is 19.6. The Hall–Kier alpha value is -2.22. The van der Waals surface area contributed by atoms with Crippen LogP contribution in [0.1, 0.15) is 51.3 Å². The lowest BCUT2D eigenvalue weighted by Gasteiger charge is -2.32. The molecule has 0 spiro atoms. The fourth-order valence-electron chi connectivity index (χ4n) is 3.59. The lowest BCUT2D eigenvalue weighted by Crippen LogP contribution is -2.41. The highest BCUT2D eigenvalue weighted by atomic mass is 16.1. The summed E-state index contributed by atoms with van der Waals surface area (Å²) >= 11 is 0. The second-order valence-electron chi connectivity index (χ2n) is 7.68. The summed E-state index contributed by atoms with van der Waals surface area (Å²) in [5.74, 6) is 1.98. The van der Waals surface area contributed by atoms with Crippen molar-refractivity contribution < 1.29 is 0 Å². The van der Waals surface area contributed by atoms with Gasteiger partial charge in [0, 0.05) is 39.2 Å². The molecule has 0 bridgehead atoms. The molecular formula is C19H31N7O. The van der Waals surface area contributed by atoms with E-state index in [9.17, 15) is 4.79 Å². The summed E-state index contributed by atoms with van der Waals surface area (Å²) in [4.78, 5) is 17.1. The van der Waals surface area contributed by atoms with Gasteiger partial charge in [0.15, 0.2) is 0 Å². The largest absolute Gasteiger partial charge is 0.371 e. The van der Waals surface area contributed by atoms with Crippen LogP contribution in [0.4, 0.5) is 5.69 Å². The van der Waals surface area contributed by atoms with E-state index in [4.69, 9.17) is 0 Å². The molecule has 0 N–H and O–H groups in total. The molecule has 0 saturated carbocycles. The third-order valence-corrected chi connectivity index (χ3v) is 5.56. The van der Waals surface area contributed by atoms with Crippen LogP contribution >= 0.6 is 0 Å². The van der Waals surface area contributed by atoms with Crippen LogP contribution in [0.15, 0.2) is 17.1 Å². The number of anilines is 1. The molecule has 27 heavy (non-hydrogen) atoms. The Morgan fingerprint density at radius 1 is 1.30 bits per heavy atom. The van der Waals surface area contributed by atoms with Crippen LogP contribution in [0, 0.1) is 0 Å². The monoisotopic (exact) mass is 373 g/mol. The molecule has 2 aromatic rings. The van der Waals surface area contributed by atoms with Gasteiger partial charge in [-0.1, -0.05) is 6.92 Å². The number of hydrogen-bond donors (Lipinski definition) is 0.